The third kappa shape index (κ3) is 12.2. The van der Waals surface area contributed by atoms with Gasteiger partial charge in [-0.3, -0.25) is 23.8 Å². The van der Waals surface area contributed by atoms with Gasteiger partial charge in [0.05, 0.1) is 38.6 Å². The number of anilines is 3. The van der Waals surface area contributed by atoms with Gasteiger partial charge in [0, 0.05) is 27.5 Å². The lowest BCUT2D eigenvalue weighted by Gasteiger charge is -2.62. The molecule has 0 radical (unpaired) electrons. The number of ketones is 2. The standard InChI is InChI=1S/C32H23Cl4N11O7S4.C22H29FO5/c1-15-38-44-31(55-15)46-57(50,51)19-10-6-17(7-11-19)40-42-23-14-24(43-41-18-8-12-20(13-9-18)58(52,53)47-32-45-39-16(2)56-32)26(54-30(49)28(35)36)21-4-3-5-22(25(21)23)37-29(48)27(33)34;1-12-8-16-15-5-4-13-9-14(25)6-7-19(13,2)21(15,23)17(26)10-20(16,3)22(12,28)18(27)11-24/h3-14,27-28H,1-2H3,(H,37,48)(H,44,46)(H,45,47);6-7,9,12,15-17,24,26,28H,4-5,8,10-11H2,1-3H3/t;12?,15-,16-,17?,19-,20-,21-,22-/m.0/s1. The number of sulfonamides is 2. The third-order valence-corrected chi connectivity index (χ3v) is 21.3. The van der Waals surface area contributed by atoms with Gasteiger partial charge >= 0.3 is 5.97 Å². The molecule has 2 unspecified atom stereocenters. The number of ether oxygens (including phenoxy) is 1. The maximum absolute atomic E-state index is 16.9. The van der Waals surface area contributed by atoms with Gasteiger partial charge < -0.3 is 25.4 Å². The average molecular weight is 1340 g/mol. The molecule has 3 saturated carbocycles. The van der Waals surface area contributed by atoms with Crippen LogP contribution in [-0.2, 0) is 39.2 Å². The maximum Gasteiger partial charge on any atom is 0.344 e. The first-order chi connectivity index (χ1) is 40.4. The lowest BCUT2D eigenvalue weighted by atomic mass is 9.44. The van der Waals surface area contributed by atoms with E-state index in [0.29, 0.717) is 34.9 Å². The zero-order valence-corrected chi connectivity index (χ0v) is 52.1. The van der Waals surface area contributed by atoms with Crippen LogP contribution in [0.1, 0.15) is 56.5 Å². The molecule has 0 bridgehead atoms. The molecule has 0 spiro atoms. The molecule has 0 saturated heterocycles. The minimum Gasteiger partial charge on any atom is -0.421 e. The van der Waals surface area contributed by atoms with Crippen LogP contribution >= 0.6 is 69.1 Å². The second-order valence-corrected chi connectivity index (χ2v) is 29.0. The average Bonchev–Trinajstić information content (AvgIpc) is 1.34. The van der Waals surface area contributed by atoms with Gasteiger partial charge in [-0.25, -0.2) is 26.0 Å². The molecule has 4 aromatic carbocycles. The fourth-order valence-corrected chi connectivity index (χ4v) is 15.9. The van der Waals surface area contributed by atoms with Gasteiger partial charge in [0.2, 0.25) is 15.1 Å². The summed E-state index contributed by atoms with van der Waals surface area (Å²) >= 11 is 25.4. The number of amides is 1. The number of esters is 1. The normalized spacial score (nSPS) is 25.3. The highest BCUT2D eigenvalue weighted by atomic mass is 35.5. The van der Waals surface area contributed by atoms with Crippen LogP contribution in [-0.4, -0.2) is 110 Å². The quantitative estimate of drug-likeness (QED) is 0.0227. The van der Waals surface area contributed by atoms with Gasteiger partial charge in [-0.05, 0) is 131 Å². The Labute approximate surface area is 519 Å². The number of benzene rings is 4. The predicted molar refractivity (Wildman–Crippen MR) is 321 cm³/mol. The molecule has 6 N–H and O–H groups in total. The zero-order valence-electron chi connectivity index (χ0n) is 45.8. The number of aryl methyl sites for hydroxylation is 2. The molecule has 2 aromatic heterocycles. The molecule has 8 atom stereocenters. The Morgan fingerprint density at radius 1 is 0.814 bits per heavy atom. The summed E-state index contributed by atoms with van der Waals surface area (Å²) in [6.45, 7) is 7.84. The summed E-state index contributed by atoms with van der Waals surface area (Å²) in [5.41, 5.74) is -4.73. The number of nitrogens with zero attached hydrogens (tertiary/aromatic N) is 8. The van der Waals surface area contributed by atoms with Crippen molar-refractivity contribution in [1.29, 1.82) is 0 Å². The zero-order chi connectivity index (χ0) is 62.5. The van der Waals surface area contributed by atoms with Crippen molar-refractivity contribution < 1.29 is 60.5 Å². The Balaban J connectivity index is 0.000000262. The van der Waals surface area contributed by atoms with Gasteiger partial charge in [-0.15, -0.1) is 30.6 Å². The molecule has 23 nitrogen and oxygen atoms in total. The van der Waals surface area contributed by atoms with Gasteiger partial charge in [0.25, 0.3) is 26.0 Å². The molecule has 2 heterocycles. The molecule has 1 amide bonds. The number of azo groups is 2. The van der Waals surface area contributed by atoms with Crippen molar-refractivity contribution in [2.75, 3.05) is 21.4 Å². The van der Waals surface area contributed by atoms with Crippen LogP contribution < -0.4 is 19.5 Å². The van der Waals surface area contributed by atoms with E-state index in [0.717, 1.165) is 22.7 Å². The van der Waals surface area contributed by atoms with E-state index < -0.39 is 94.0 Å². The summed E-state index contributed by atoms with van der Waals surface area (Å²) in [4.78, 5) is 46.5. The number of allylic oxidation sites excluding steroid dienone is 4. The highest BCUT2D eigenvalue weighted by Gasteiger charge is 2.75. The molecule has 4 aliphatic carbocycles. The highest BCUT2D eigenvalue weighted by molar-refractivity contribution is 7.93. The van der Waals surface area contributed by atoms with Crippen molar-refractivity contribution in [2.24, 2.45) is 49.0 Å². The van der Waals surface area contributed by atoms with E-state index in [4.69, 9.17) is 51.1 Å². The summed E-state index contributed by atoms with van der Waals surface area (Å²) in [5.74, 6) is -4.20. The first-order valence-corrected chi connectivity index (χ1v) is 32.4. The minimum atomic E-state index is -4.02. The van der Waals surface area contributed by atoms with Gasteiger partial charge in [0.15, 0.2) is 27.8 Å². The Kier molecular flexibility index (Phi) is 18.4. The topological polar surface area (TPSA) is 344 Å². The number of aliphatic hydroxyl groups excluding tert-OH is 2. The summed E-state index contributed by atoms with van der Waals surface area (Å²) < 4.78 is 78.8. The van der Waals surface area contributed by atoms with Gasteiger partial charge in [-0.1, -0.05) is 107 Å². The highest BCUT2D eigenvalue weighted by Crippen LogP contribution is 2.70. The predicted octanol–water partition coefficient (Wildman–Crippen LogP) is 10.9. The lowest BCUT2D eigenvalue weighted by Crippen LogP contribution is -2.69. The smallest absolute Gasteiger partial charge is 0.344 e. The number of rotatable bonds is 16. The van der Waals surface area contributed by atoms with E-state index in [-0.39, 0.29) is 83.1 Å². The molecule has 10 rings (SSSR count). The maximum atomic E-state index is 16.9. The molecule has 3 fully saturated rings. The van der Waals surface area contributed by atoms with Crippen LogP contribution in [0.3, 0.4) is 0 Å². The summed E-state index contributed by atoms with van der Waals surface area (Å²) in [5, 5.41) is 68.5. The van der Waals surface area contributed by atoms with E-state index in [1.54, 1.807) is 40.7 Å². The van der Waals surface area contributed by atoms with E-state index in [9.17, 15) is 51.3 Å². The monoisotopic (exact) mass is 1330 g/mol. The fourth-order valence-electron chi connectivity index (χ4n) is 12.0. The van der Waals surface area contributed by atoms with Crippen molar-refractivity contribution in [3.05, 3.63) is 107 Å². The van der Waals surface area contributed by atoms with Crippen LogP contribution in [0.4, 0.5) is 43.1 Å². The van der Waals surface area contributed by atoms with Crippen molar-refractivity contribution in [1.82, 2.24) is 20.4 Å². The number of nitrogens with one attached hydrogen (secondary N) is 3. The van der Waals surface area contributed by atoms with Crippen LogP contribution in [0, 0.1) is 42.4 Å². The molecule has 454 valence electrons. The van der Waals surface area contributed by atoms with Crippen LogP contribution in [0.5, 0.6) is 5.75 Å². The van der Waals surface area contributed by atoms with E-state index >= 15 is 4.39 Å². The SMILES string of the molecule is CC1C[C@H]2[C@@H]3CCC4=CC(=O)C=C[C@]4(C)[C@@]3(F)C(O)C[C@]2(C)[C@@]1(O)C(=O)CO.Cc1nnc(NS(=O)(=O)c2ccc(N=Nc3cc(N=Nc4ccc(S(=O)(=O)Nc5nnc(C)s5)cc4)c4c(NC(=O)C(Cl)Cl)cccc4c3OC(=O)C(Cl)Cl)cc2)s1. The number of halogens is 5. The first-order valence-electron chi connectivity index (χ1n) is 26.0. The molecule has 32 heteroatoms. The molecule has 86 heavy (non-hydrogen) atoms. The van der Waals surface area contributed by atoms with E-state index in [1.807, 2.05) is 0 Å². The summed E-state index contributed by atoms with van der Waals surface area (Å²) in [7, 11) is -8.03. The van der Waals surface area contributed by atoms with Crippen molar-refractivity contribution in [2.45, 2.75) is 97.1 Å². The number of aliphatic hydroxyl groups is 3. The molecule has 6 aromatic rings. The van der Waals surface area contributed by atoms with Crippen molar-refractivity contribution in [3.8, 4) is 5.75 Å². The number of carbonyl (C=O) groups excluding carboxylic acids is 4. The summed E-state index contributed by atoms with van der Waals surface area (Å²) in [6, 6.07) is 16.6. The van der Waals surface area contributed by atoms with Gasteiger partial charge in [-0.2, -0.15) is 10.2 Å². The number of carbonyl (C=O) groups is 4. The fraction of sp³-hybridized carbons (Fsp3) is 0.370. The molecular weight excluding hydrogens is 1280 g/mol. The Hall–Kier alpha value is -6.31. The van der Waals surface area contributed by atoms with Crippen molar-refractivity contribution >= 4 is 162 Å². The molecular formula is C54H52Cl4FN11O12S4. The number of hydrogen-bond acceptors (Lipinski definition) is 22. The van der Waals surface area contributed by atoms with Crippen molar-refractivity contribution in [3.63, 3.8) is 0 Å². The molecule has 4 aliphatic rings. The second-order valence-electron chi connectivity index (χ2n) is 21.1. The minimum absolute atomic E-state index is 0.0399. The third-order valence-electron chi connectivity index (χ3n) is 16.0. The Morgan fingerprint density at radius 2 is 1.37 bits per heavy atom. The lowest BCUT2D eigenvalue weighted by molar-refractivity contribution is -0.219. The van der Waals surface area contributed by atoms with E-state index in [2.05, 4.69) is 55.6 Å². The Morgan fingerprint density at radius 3 is 1.88 bits per heavy atom. The number of aromatic nitrogens is 4. The first kappa shape index (κ1) is 64.2. The molecule has 0 aliphatic heterocycles. The van der Waals surface area contributed by atoms with Gasteiger partial charge in [0.1, 0.15) is 27.9 Å². The summed E-state index contributed by atoms with van der Waals surface area (Å²) in [6.07, 6.45) is 4.44. The number of Topliss-reactive ketones (excluding diaryl/α,β-unsaturated/α-hetero) is 1. The Bertz CT molecular complexity index is 4040. The van der Waals surface area contributed by atoms with E-state index in [1.165, 1.54) is 84.9 Å². The van der Waals surface area contributed by atoms with Crippen LogP contribution in [0.2, 0.25) is 0 Å². The largest absolute Gasteiger partial charge is 0.421 e. The number of fused-ring (bicyclic) bond motifs is 6. The van der Waals surface area contributed by atoms with Crippen LogP contribution in [0.15, 0.2) is 127 Å². The van der Waals surface area contributed by atoms with Crippen LogP contribution in [0.25, 0.3) is 10.8 Å². The second kappa shape index (κ2) is 24.7. The number of hydrogen-bond donors (Lipinski definition) is 6. The number of alkyl halides is 5.